The van der Waals surface area contributed by atoms with E-state index in [-0.39, 0.29) is 5.91 Å². The molecule has 108 valence electrons. The lowest BCUT2D eigenvalue weighted by Gasteiger charge is -2.09. The van der Waals surface area contributed by atoms with Crippen LogP contribution in [0.3, 0.4) is 0 Å². The highest BCUT2D eigenvalue weighted by molar-refractivity contribution is 5.80. The van der Waals surface area contributed by atoms with Crippen LogP contribution in [-0.2, 0) is 11.3 Å². The summed E-state index contributed by atoms with van der Waals surface area (Å²) in [6, 6.07) is 6.01. The molecule has 0 aliphatic rings. The third kappa shape index (κ3) is 3.29. The Labute approximate surface area is 119 Å². The molecule has 0 fully saturated rings. The van der Waals surface area contributed by atoms with E-state index in [0.29, 0.717) is 31.4 Å². The molecule has 1 amide bonds. The van der Waals surface area contributed by atoms with Crippen LogP contribution < -0.4 is 11.1 Å². The molecule has 20 heavy (non-hydrogen) atoms. The maximum Gasteiger partial charge on any atom is 0.221 e. The minimum atomic E-state index is 0.0487. The SMILES string of the molecule is Cc1ccc2nc(N)n(CCC(=O)NCC(C)C)c2c1. The highest BCUT2D eigenvalue weighted by atomic mass is 16.1. The van der Waals surface area contributed by atoms with Gasteiger partial charge in [-0.1, -0.05) is 19.9 Å². The second-order valence-electron chi connectivity index (χ2n) is 5.56. The summed E-state index contributed by atoms with van der Waals surface area (Å²) in [4.78, 5) is 16.1. The van der Waals surface area contributed by atoms with Crippen LogP contribution in [0.25, 0.3) is 11.0 Å². The van der Waals surface area contributed by atoms with Gasteiger partial charge in [0, 0.05) is 19.5 Å². The number of nitrogens with zero attached hydrogens (tertiary/aromatic N) is 2. The maximum absolute atomic E-state index is 11.8. The van der Waals surface area contributed by atoms with Crippen LogP contribution in [0.1, 0.15) is 25.8 Å². The van der Waals surface area contributed by atoms with Gasteiger partial charge in [0.25, 0.3) is 0 Å². The lowest BCUT2D eigenvalue weighted by molar-refractivity contribution is -0.121. The number of nitrogens with two attached hydrogens (primary N) is 1. The molecule has 5 nitrogen and oxygen atoms in total. The van der Waals surface area contributed by atoms with Crippen molar-refractivity contribution in [2.24, 2.45) is 5.92 Å². The Hall–Kier alpha value is -2.04. The minimum absolute atomic E-state index is 0.0487. The lowest BCUT2D eigenvalue weighted by Crippen LogP contribution is -2.28. The Kier molecular flexibility index (Phi) is 4.27. The normalized spacial score (nSPS) is 11.2. The number of amides is 1. The van der Waals surface area contributed by atoms with Crippen LogP contribution in [0.4, 0.5) is 5.95 Å². The van der Waals surface area contributed by atoms with Crippen LogP contribution in [0, 0.1) is 12.8 Å². The van der Waals surface area contributed by atoms with Crippen LogP contribution in [0.5, 0.6) is 0 Å². The number of hydrogen-bond acceptors (Lipinski definition) is 3. The van der Waals surface area contributed by atoms with Gasteiger partial charge >= 0.3 is 0 Å². The summed E-state index contributed by atoms with van der Waals surface area (Å²) in [7, 11) is 0. The second kappa shape index (κ2) is 5.94. The first-order valence-corrected chi connectivity index (χ1v) is 6.96. The first-order valence-electron chi connectivity index (χ1n) is 6.96. The molecule has 0 saturated carbocycles. The third-order valence-electron chi connectivity index (χ3n) is 3.20. The third-order valence-corrected chi connectivity index (χ3v) is 3.20. The smallest absolute Gasteiger partial charge is 0.221 e. The topological polar surface area (TPSA) is 72.9 Å². The molecular formula is C15H22N4O. The molecule has 1 aromatic carbocycles. The number of nitrogen functional groups attached to an aromatic ring is 1. The van der Waals surface area contributed by atoms with Gasteiger partial charge in [0.15, 0.2) is 0 Å². The van der Waals surface area contributed by atoms with Gasteiger partial charge in [-0.2, -0.15) is 0 Å². The highest BCUT2D eigenvalue weighted by Crippen LogP contribution is 2.19. The van der Waals surface area contributed by atoms with Gasteiger partial charge in [0.1, 0.15) is 0 Å². The number of hydrogen-bond donors (Lipinski definition) is 2. The number of rotatable bonds is 5. The van der Waals surface area contributed by atoms with Crippen molar-refractivity contribution in [1.82, 2.24) is 14.9 Å². The summed E-state index contributed by atoms with van der Waals surface area (Å²) in [5.41, 5.74) is 8.94. The summed E-state index contributed by atoms with van der Waals surface area (Å²) >= 11 is 0. The average molecular weight is 274 g/mol. The fourth-order valence-corrected chi connectivity index (χ4v) is 2.11. The first kappa shape index (κ1) is 14.4. The monoisotopic (exact) mass is 274 g/mol. The van der Waals surface area contributed by atoms with Crippen LogP contribution in [0.2, 0.25) is 0 Å². The molecule has 1 heterocycles. The number of benzene rings is 1. The summed E-state index contributed by atoms with van der Waals surface area (Å²) in [6.07, 6.45) is 0.413. The van der Waals surface area contributed by atoms with Crippen molar-refractivity contribution < 1.29 is 4.79 Å². The van der Waals surface area contributed by atoms with Crippen molar-refractivity contribution in [1.29, 1.82) is 0 Å². The van der Waals surface area contributed by atoms with Crippen molar-refractivity contribution in [3.05, 3.63) is 23.8 Å². The average Bonchev–Trinajstić information content (AvgIpc) is 2.69. The van der Waals surface area contributed by atoms with Crippen LogP contribution in [-0.4, -0.2) is 22.0 Å². The lowest BCUT2D eigenvalue weighted by atomic mass is 10.2. The molecule has 2 aromatic rings. The Morgan fingerprint density at radius 2 is 2.20 bits per heavy atom. The number of nitrogens with one attached hydrogen (secondary N) is 1. The van der Waals surface area contributed by atoms with E-state index in [0.717, 1.165) is 16.6 Å². The number of fused-ring (bicyclic) bond motifs is 1. The van der Waals surface area contributed by atoms with Gasteiger partial charge in [-0.15, -0.1) is 0 Å². The number of aromatic nitrogens is 2. The molecule has 0 radical (unpaired) electrons. The second-order valence-corrected chi connectivity index (χ2v) is 5.56. The quantitative estimate of drug-likeness (QED) is 0.877. The van der Waals surface area contributed by atoms with Crippen molar-refractivity contribution in [2.45, 2.75) is 33.7 Å². The molecule has 0 saturated heterocycles. The van der Waals surface area contributed by atoms with E-state index in [9.17, 15) is 4.79 Å². The van der Waals surface area contributed by atoms with Gasteiger partial charge in [0.05, 0.1) is 11.0 Å². The molecule has 0 unspecified atom stereocenters. The zero-order valence-corrected chi connectivity index (χ0v) is 12.3. The van der Waals surface area contributed by atoms with E-state index in [1.54, 1.807) is 0 Å². The Balaban J connectivity index is 2.08. The minimum Gasteiger partial charge on any atom is -0.369 e. The van der Waals surface area contributed by atoms with Crippen molar-refractivity contribution in [2.75, 3.05) is 12.3 Å². The van der Waals surface area contributed by atoms with E-state index in [1.807, 2.05) is 29.7 Å². The Bertz CT molecular complexity index is 616. The predicted molar refractivity (Wildman–Crippen MR) is 81.3 cm³/mol. The molecule has 0 spiro atoms. The highest BCUT2D eigenvalue weighted by Gasteiger charge is 2.10. The molecule has 1 aromatic heterocycles. The number of carbonyl (C=O) groups is 1. The van der Waals surface area contributed by atoms with E-state index >= 15 is 0 Å². The van der Waals surface area contributed by atoms with E-state index in [4.69, 9.17) is 5.73 Å². The van der Waals surface area contributed by atoms with Gasteiger partial charge in [-0.25, -0.2) is 4.98 Å². The molecule has 0 bridgehead atoms. The zero-order chi connectivity index (χ0) is 14.7. The van der Waals surface area contributed by atoms with Crippen molar-refractivity contribution in [3.8, 4) is 0 Å². The summed E-state index contributed by atoms with van der Waals surface area (Å²) < 4.78 is 1.90. The van der Waals surface area contributed by atoms with Gasteiger partial charge in [-0.3, -0.25) is 4.79 Å². The van der Waals surface area contributed by atoms with Crippen LogP contribution in [0.15, 0.2) is 18.2 Å². The largest absolute Gasteiger partial charge is 0.369 e. The number of aryl methyl sites for hydroxylation is 2. The number of carbonyl (C=O) groups excluding carboxylic acids is 1. The van der Waals surface area contributed by atoms with E-state index < -0.39 is 0 Å². The van der Waals surface area contributed by atoms with Crippen molar-refractivity contribution >= 4 is 22.9 Å². The van der Waals surface area contributed by atoms with E-state index in [2.05, 4.69) is 24.1 Å². The number of imidazole rings is 1. The maximum atomic E-state index is 11.8. The van der Waals surface area contributed by atoms with Crippen molar-refractivity contribution in [3.63, 3.8) is 0 Å². The fraction of sp³-hybridized carbons (Fsp3) is 0.467. The van der Waals surface area contributed by atoms with Gasteiger partial charge in [0.2, 0.25) is 11.9 Å². The zero-order valence-electron chi connectivity index (χ0n) is 12.3. The Morgan fingerprint density at radius 1 is 1.45 bits per heavy atom. The first-order chi connectivity index (χ1) is 9.47. The Morgan fingerprint density at radius 3 is 2.90 bits per heavy atom. The molecule has 0 aliphatic heterocycles. The van der Waals surface area contributed by atoms with Gasteiger partial charge < -0.3 is 15.6 Å². The molecule has 2 rings (SSSR count). The fourth-order valence-electron chi connectivity index (χ4n) is 2.11. The summed E-state index contributed by atoms with van der Waals surface area (Å²) in [6.45, 7) is 7.44. The molecule has 5 heteroatoms. The number of anilines is 1. The summed E-state index contributed by atoms with van der Waals surface area (Å²) in [5.74, 6) is 0.968. The molecule has 0 aliphatic carbocycles. The molecule has 0 atom stereocenters. The summed E-state index contributed by atoms with van der Waals surface area (Å²) in [5, 5.41) is 2.91. The molecule has 3 N–H and O–H groups in total. The standard InChI is InChI=1S/C15H22N4O/c1-10(2)9-17-14(20)6-7-19-13-8-11(3)4-5-12(13)18-15(19)16/h4-5,8,10H,6-7,9H2,1-3H3,(H2,16,18)(H,17,20). The molecular weight excluding hydrogens is 252 g/mol. The van der Waals surface area contributed by atoms with E-state index in [1.165, 1.54) is 0 Å². The van der Waals surface area contributed by atoms with Gasteiger partial charge in [-0.05, 0) is 30.5 Å². The predicted octanol–water partition coefficient (Wildman–Crippen LogP) is 2.09. The van der Waals surface area contributed by atoms with Crippen LogP contribution >= 0.6 is 0 Å².